The van der Waals surface area contributed by atoms with Crippen LogP contribution in [0.25, 0.3) is 0 Å². The van der Waals surface area contributed by atoms with E-state index >= 15 is 0 Å². The maximum absolute atomic E-state index is 12.5. The first kappa shape index (κ1) is 16.9. The van der Waals surface area contributed by atoms with Gasteiger partial charge in [-0.1, -0.05) is 6.07 Å². The molecular formula is C15H23N3O3S. The van der Waals surface area contributed by atoms with Gasteiger partial charge in [-0.05, 0) is 50.3 Å². The first-order chi connectivity index (χ1) is 10.3. The van der Waals surface area contributed by atoms with Crippen molar-refractivity contribution in [1.29, 1.82) is 0 Å². The average Bonchev–Trinajstić information content (AvgIpc) is 2.43. The molecule has 0 bridgehead atoms. The minimum Gasteiger partial charge on any atom is -0.328 e. The predicted molar refractivity (Wildman–Crippen MR) is 86.0 cm³/mol. The predicted octanol–water partition coefficient (Wildman–Crippen LogP) is 1.50. The molecule has 122 valence electrons. The summed E-state index contributed by atoms with van der Waals surface area (Å²) in [6, 6.07) is 4.84. The first-order valence-electron chi connectivity index (χ1n) is 7.44. The maximum atomic E-state index is 12.5. The van der Waals surface area contributed by atoms with E-state index in [1.54, 1.807) is 12.1 Å². The van der Waals surface area contributed by atoms with Gasteiger partial charge in [0.2, 0.25) is 15.9 Å². The number of carbonyl (C=O) groups excluding carboxylic acids is 1. The molecule has 6 nitrogen and oxygen atoms in total. The van der Waals surface area contributed by atoms with Gasteiger partial charge in [-0.3, -0.25) is 4.79 Å². The molecule has 0 aliphatic heterocycles. The molecule has 0 aromatic heterocycles. The highest BCUT2D eigenvalue weighted by Crippen LogP contribution is 2.23. The summed E-state index contributed by atoms with van der Waals surface area (Å²) in [5.74, 6) is -0.230. The van der Waals surface area contributed by atoms with Gasteiger partial charge in [-0.2, -0.15) is 0 Å². The van der Waals surface area contributed by atoms with Crippen LogP contribution in [0.15, 0.2) is 23.1 Å². The molecule has 0 unspecified atom stereocenters. The summed E-state index contributed by atoms with van der Waals surface area (Å²) in [5.41, 5.74) is 7.17. The molecule has 1 fully saturated rings. The lowest BCUT2D eigenvalue weighted by Gasteiger charge is -2.26. The van der Waals surface area contributed by atoms with Gasteiger partial charge in [0.15, 0.2) is 0 Å². The summed E-state index contributed by atoms with van der Waals surface area (Å²) in [5, 5.41) is 2.65. The Morgan fingerprint density at radius 2 is 1.86 bits per heavy atom. The maximum Gasteiger partial charge on any atom is 0.240 e. The van der Waals surface area contributed by atoms with Crippen LogP contribution in [0.2, 0.25) is 0 Å². The number of anilines is 1. The average molecular weight is 325 g/mol. The number of nitrogens with one attached hydrogen (secondary N) is 2. The summed E-state index contributed by atoms with van der Waals surface area (Å²) in [6.07, 6.45) is 3.17. The molecule has 4 N–H and O–H groups in total. The minimum atomic E-state index is -3.59. The van der Waals surface area contributed by atoms with Crippen LogP contribution in [-0.4, -0.2) is 26.4 Å². The van der Waals surface area contributed by atoms with E-state index in [2.05, 4.69) is 10.0 Å². The molecule has 1 aliphatic rings. The van der Waals surface area contributed by atoms with E-state index in [0.717, 1.165) is 31.2 Å². The number of hydrogen-bond acceptors (Lipinski definition) is 4. The van der Waals surface area contributed by atoms with Crippen LogP contribution in [0.1, 0.15) is 38.2 Å². The van der Waals surface area contributed by atoms with Crippen LogP contribution >= 0.6 is 0 Å². The Kier molecular flexibility index (Phi) is 5.20. The molecule has 0 heterocycles. The summed E-state index contributed by atoms with van der Waals surface area (Å²) in [7, 11) is -3.59. The zero-order valence-corrected chi connectivity index (χ0v) is 13.7. The SMILES string of the molecule is CC(=O)Nc1cc(S(=O)(=O)NC2CCC(N)CC2)ccc1C. The molecule has 22 heavy (non-hydrogen) atoms. The standard InChI is InChI=1S/C15H23N3O3S/c1-10-3-8-14(9-15(10)17-11(2)19)22(20,21)18-13-6-4-12(16)5-7-13/h3,8-9,12-13,18H,4-7,16H2,1-2H3,(H,17,19). The highest BCUT2D eigenvalue weighted by molar-refractivity contribution is 7.89. The Hall–Kier alpha value is -1.44. The topological polar surface area (TPSA) is 101 Å². The number of carbonyl (C=O) groups is 1. The monoisotopic (exact) mass is 325 g/mol. The first-order valence-corrected chi connectivity index (χ1v) is 8.92. The summed E-state index contributed by atoms with van der Waals surface area (Å²) >= 11 is 0. The van der Waals surface area contributed by atoms with Crippen molar-refractivity contribution >= 4 is 21.6 Å². The molecular weight excluding hydrogens is 302 g/mol. The van der Waals surface area contributed by atoms with Gasteiger partial charge in [0.25, 0.3) is 0 Å². The second-order valence-electron chi connectivity index (χ2n) is 5.89. The second-order valence-corrected chi connectivity index (χ2v) is 7.60. The van der Waals surface area contributed by atoms with Crippen LogP contribution in [0.4, 0.5) is 5.69 Å². The van der Waals surface area contributed by atoms with Crippen LogP contribution in [0.5, 0.6) is 0 Å². The van der Waals surface area contributed by atoms with E-state index in [1.807, 2.05) is 6.92 Å². The molecule has 0 atom stereocenters. The van der Waals surface area contributed by atoms with Gasteiger partial charge in [-0.15, -0.1) is 0 Å². The third kappa shape index (κ3) is 4.28. The van der Waals surface area contributed by atoms with E-state index in [0.29, 0.717) is 5.69 Å². The molecule has 0 saturated heterocycles. The van der Waals surface area contributed by atoms with Crippen molar-refractivity contribution in [3.8, 4) is 0 Å². The van der Waals surface area contributed by atoms with Crippen molar-refractivity contribution < 1.29 is 13.2 Å². The zero-order valence-electron chi connectivity index (χ0n) is 12.9. The van der Waals surface area contributed by atoms with Crippen LogP contribution in [0.3, 0.4) is 0 Å². The number of nitrogens with two attached hydrogens (primary N) is 1. The zero-order chi connectivity index (χ0) is 16.3. The van der Waals surface area contributed by atoms with Gasteiger partial charge >= 0.3 is 0 Å². The largest absolute Gasteiger partial charge is 0.328 e. The molecule has 2 rings (SSSR count). The van der Waals surface area contributed by atoms with E-state index in [9.17, 15) is 13.2 Å². The normalized spacial score (nSPS) is 22.3. The van der Waals surface area contributed by atoms with Gasteiger partial charge < -0.3 is 11.1 Å². The molecule has 0 spiro atoms. The summed E-state index contributed by atoms with van der Waals surface area (Å²) in [4.78, 5) is 11.3. The van der Waals surface area contributed by atoms with Crippen molar-refractivity contribution in [2.45, 2.75) is 56.5 Å². The fourth-order valence-corrected chi connectivity index (χ4v) is 3.95. The number of rotatable bonds is 4. The lowest BCUT2D eigenvalue weighted by Crippen LogP contribution is -2.40. The van der Waals surface area contributed by atoms with Crippen molar-refractivity contribution in [3.05, 3.63) is 23.8 Å². The molecule has 1 amide bonds. The fourth-order valence-electron chi connectivity index (χ4n) is 2.62. The molecule has 1 aliphatic carbocycles. The number of aryl methyl sites for hydroxylation is 1. The van der Waals surface area contributed by atoms with Crippen LogP contribution in [-0.2, 0) is 14.8 Å². The Labute approximate surface area is 131 Å². The van der Waals surface area contributed by atoms with Crippen molar-refractivity contribution in [1.82, 2.24) is 4.72 Å². The van der Waals surface area contributed by atoms with Gasteiger partial charge in [0.1, 0.15) is 0 Å². The smallest absolute Gasteiger partial charge is 0.240 e. The Balaban J connectivity index is 2.16. The lowest BCUT2D eigenvalue weighted by atomic mass is 9.93. The third-order valence-corrected chi connectivity index (χ3v) is 5.44. The fraction of sp³-hybridized carbons (Fsp3) is 0.533. The highest BCUT2D eigenvalue weighted by atomic mass is 32.2. The van der Waals surface area contributed by atoms with Gasteiger partial charge in [-0.25, -0.2) is 13.1 Å². The Morgan fingerprint density at radius 3 is 2.45 bits per heavy atom. The van der Waals surface area contributed by atoms with E-state index in [-0.39, 0.29) is 22.9 Å². The molecule has 1 aromatic carbocycles. The van der Waals surface area contributed by atoms with Crippen LogP contribution in [0, 0.1) is 6.92 Å². The number of amides is 1. The van der Waals surface area contributed by atoms with Crippen molar-refractivity contribution in [2.75, 3.05) is 5.32 Å². The third-order valence-electron chi connectivity index (χ3n) is 3.92. The van der Waals surface area contributed by atoms with E-state index in [4.69, 9.17) is 5.73 Å². The number of benzene rings is 1. The van der Waals surface area contributed by atoms with Crippen molar-refractivity contribution in [3.63, 3.8) is 0 Å². The number of sulfonamides is 1. The summed E-state index contributed by atoms with van der Waals surface area (Å²) < 4.78 is 27.7. The Morgan fingerprint density at radius 1 is 1.23 bits per heavy atom. The second kappa shape index (κ2) is 6.76. The molecule has 0 radical (unpaired) electrons. The minimum absolute atomic E-state index is 0.0738. The molecule has 7 heteroatoms. The lowest BCUT2D eigenvalue weighted by molar-refractivity contribution is -0.114. The number of hydrogen-bond donors (Lipinski definition) is 3. The van der Waals surface area contributed by atoms with Crippen LogP contribution < -0.4 is 15.8 Å². The van der Waals surface area contributed by atoms with Crippen molar-refractivity contribution in [2.24, 2.45) is 5.73 Å². The Bertz CT molecular complexity index is 650. The van der Waals surface area contributed by atoms with Gasteiger partial charge in [0, 0.05) is 24.7 Å². The van der Waals surface area contributed by atoms with Gasteiger partial charge in [0.05, 0.1) is 4.90 Å². The summed E-state index contributed by atoms with van der Waals surface area (Å²) in [6.45, 7) is 3.21. The van der Waals surface area contributed by atoms with E-state index in [1.165, 1.54) is 13.0 Å². The quantitative estimate of drug-likeness (QED) is 0.781. The molecule has 1 aromatic rings. The highest BCUT2D eigenvalue weighted by Gasteiger charge is 2.24. The molecule has 1 saturated carbocycles. The van der Waals surface area contributed by atoms with E-state index < -0.39 is 10.0 Å².